The first-order chi connectivity index (χ1) is 11.5. The molecular weight excluding hydrogens is 335 g/mol. The first-order valence-electron chi connectivity index (χ1n) is 7.32. The lowest BCUT2D eigenvalue weighted by atomic mass is 10.2. The summed E-state index contributed by atoms with van der Waals surface area (Å²) in [6.07, 6.45) is -1.12. The first-order valence-corrected chi connectivity index (χ1v) is 7.73. The van der Waals surface area contributed by atoms with Gasteiger partial charge < -0.3 is 14.5 Å². The van der Waals surface area contributed by atoms with Crippen LogP contribution in [0, 0.1) is 5.82 Å². The first kappa shape index (κ1) is 16.3. The zero-order valence-electron chi connectivity index (χ0n) is 12.9. The van der Waals surface area contributed by atoms with Crippen LogP contribution in [0.2, 0.25) is 0 Å². The summed E-state index contributed by atoms with van der Waals surface area (Å²) < 4.78 is 19.6. The number of azide groups is 1. The molecule has 10 heteroatoms. The number of halogens is 1. The lowest BCUT2D eigenvalue weighted by Crippen LogP contribution is -2.30. The second kappa shape index (κ2) is 6.50. The summed E-state index contributed by atoms with van der Waals surface area (Å²) in [7, 11) is 1.86. The monoisotopic (exact) mass is 350 g/mol. The van der Waals surface area contributed by atoms with Crippen LogP contribution in [-0.4, -0.2) is 55.4 Å². The number of likely N-dealkylation sites (N-methyl/N-ethyl adjacent to an activating group) is 1. The van der Waals surface area contributed by atoms with Gasteiger partial charge in [0.1, 0.15) is 11.9 Å². The van der Waals surface area contributed by atoms with Gasteiger partial charge in [0.2, 0.25) is 0 Å². The second-order valence-electron chi connectivity index (χ2n) is 5.52. The molecule has 2 fully saturated rings. The van der Waals surface area contributed by atoms with E-state index in [9.17, 15) is 9.18 Å². The number of amides is 1. The van der Waals surface area contributed by atoms with Crippen molar-refractivity contribution < 1.29 is 13.9 Å². The van der Waals surface area contributed by atoms with Gasteiger partial charge in [-0.15, -0.1) is 0 Å². The minimum absolute atomic E-state index is 0.0493. The van der Waals surface area contributed by atoms with E-state index in [1.807, 2.05) is 11.9 Å². The van der Waals surface area contributed by atoms with Crippen molar-refractivity contribution in [2.75, 3.05) is 43.0 Å². The summed E-state index contributed by atoms with van der Waals surface area (Å²) in [6.45, 7) is 1.61. The van der Waals surface area contributed by atoms with Crippen molar-refractivity contribution >= 4 is 34.8 Å². The molecule has 2 saturated heterocycles. The number of anilines is 2. The molecule has 8 nitrogen and oxygen atoms in total. The standard InChI is InChI=1S/C14H15FN6O2S/c1-19-4-5-20(13(19)24)12-3-2-9(6-11(12)15)21-8-10(7-17-18-16)23-14(21)22/h2-3,6,10H,4-5,7-8H2,1H3/t10-/m0/s1. The zero-order valence-corrected chi connectivity index (χ0v) is 13.7. The van der Waals surface area contributed by atoms with E-state index in [2.05, 4.69) is 10.0 Å². The lowest BCUT2D eigenvalue weighted by molar-refractivity contribution is 0.145. The van der Waals surface area contributed by atoms with Gasteiger partial charge in [0.05, 0.1) is 24.5 Å². The molecule has 0 bridgehead atoms. The highest BCUT2D eigenvalue weighted by Gasteiger charge is 2.33. The topological polar surface area (TPSA) is 84.8 Å². The van der Waals surface area contributed by atoms with Crippen LogP contribution in [0.25, 0.3) is 10.4 Å². The average Bonchev–Trinajstić information content (AvgIpc) is 3.09. The Hall–Kier alpha value is -2.58. The molecule has 0 aliphatic carbocycles. The fourth-order valence-corrected chi connectivity index (χ4v) is 2.99. The molecule has 1 aromatic rings. The van der Waals surface area contributed by atoms with E-state index in [-0.39, 0.29) is 13.1 Å². The Morgan fingerprint density at radius 2 is 2.25 bits per heavy atom. The molecule has 0 aromatic heterocycles. The van der Waals surface area contributed by atoms with Gasteiger partial charge in [-0.3, -0.25) is 4.90 Å². The number of ether oxygens (including phenoxy) is 1. The number of hydrogen-bond acceptors (Lipinski definition) is 4. The van der Waals surface area contributed by atoms with Crippen molar-refractivity contribution in [3.8, 4) is 0 Å². The van der Waals surface area contributed by atoms with Crippen LogP contribution in [0.15, 0.2) is 23.3 Å². The predicted molar refractivity (Wildman–Crippen MR) is 90.6 cm³/mol. The molecule has 1 aromatic carbocycles. The number of rotatable bonds is 4. The third kappa shape index (κ3) is 2.93. The van der Waals surface area contributed by atoms with Crippen molar-refractivity contribution in [2.24, 2.45) is 5.11 Å². The van der Waals surface area contributed by atoms with Gasteiger partial charge in [-0.1, -0.05) is 5.11 Å². The van der Waals surface area contributed by atoms with Gasteiger partial charge in [-0.05, 0) is 35.9 Å². The van der Waals surface area contributed by atoms with E-state index in [0.29, 0.717) is 23.0 Å². The Balaban J connectivity index is 1.79. The van der Waals surface area contributed by atoms with Crippen molar-refractivity contribution in [3.63, 3.8) is 0 Å². The minimum Gasteiger partial charge on any atom is -0.444 e. The third-order valence-corrected chi connectivity index (χ3v) is 4.50. The molecule has 1 atom stereocenters. The maximum Gasteiger partial charge on any atom is 0.414 e. The van der Waals surface area contributed by atoms with E-state index in [0.717, 1.165) is 6.54 Å². The number of nitrogens with zero attached hydrogens (tertiary/aromatic N) is 6. The number of thiocarbonyl (C=S) groups is 1. The van der Waals surface area contributed by atoms with Gasteiger partial charge >= 0.3 is 6.09 Å². The van der Waals surface area contributed by atoms with Crippen LogP contribution in [0.3, 0.4) is 0 Å². The molecule has 2 heterocycles. The van der Waals surface area contributed by atoms with Crippen molar-refractivity contribution in [1.82, 2.24) is 4.90 Å². The summed E-state index contributed by atoms with van der Waals surface area (Å²) in [5.74, 6) is -0.462. The van der Waals surface area contributed by atoms with Gasteiger partial charge in [0, 0.05) is 25.0 Å². The van der Waals surface area contributed by atoms with Gasteiger partial charge in [-0.2, -0.15) is 0 Å². The predicted octanol–water partition coefficient (Wildman–Crippen LogP) is 2.50. The molecule has 0 saturated carbocycles. The van der Waals surface area contributed by atoms with E-state index >= 15 is 0 Å². The molecule has 0 unspecified atom stereocenters. The number of hydrogen-bond donors (Lipinski definition) is 0. The Kier molecular flexibility index (Phi) is 4.41. The number of benzene rings is 1. The summed E-state index contributed by atoms with van der Waals surface area (Å²) in [5.41, 5.74) is 9.09. The highest BCUT2D eigenvalue weighted by atomic mass is 32.1. The molecule has 2 aliphatic rings. The Morgan fingerprint density at radius 1 is 1.46 bits per heavy atom. The minimum atomic E-state index is -0.586. The number of carbonyl (C=O) groups excluding carboxylic acids is 1. The molecule has 1 amide bonds. The van der Waals surface area contributed by atoms with E-state index in [4.69, 9.17) is 22.5 Å². The normalized spacial score (nSPS) is 20.4. The fourth-order valence-electron chi connectivity index (χ4n) is 2.71. The SMILES string of the molecule is CN1CCN(c2ccc(N3C[C@H](CN=[N+]=[N-])OC3=O)cc2F)C1=S. The summed E-state index contributed by atoms with van der Waals surface area (Å²) in [6, 6.07) is 4.54. The highest BCUT2D eigenvalue weighted by Crippen LogP contribution is 2.29. The van der Waals surface area contributed by atoms with E-state index in [1.54, 1.807) is 17.0 Å². The molecule has 3 rings (SSSR count). The van der Waals surface area contributed by atoms with Crippen molar-refractivity contribution in [3.05, 3.63) is 34.5 Å². The van der Waals surface area contributed by atoms with Crippen LogP contribution in [0.5, 0.6) is 0 Å². The Bertz CT molecular complexity index is 738. The van der Waals surface area contributed by atoms with Crippen LogP contribution in [-0.2, 0) is 4.74 Å². The van der Waals surface area contributed by atoms with Crippen LogP contribution >= 0.6 is 12.2 Å². The maximum absolute atomic E-state index is 14.5. The van der Waals surface area contributed by atoms with Gasteiger partial charge in [0.15, 0.2) is 5.11 Å². The fraction of sp³-hybridized carbons (Fsp3) is 0.429. The summed E-state index contributed by atoms with van der Waals surface area (Å²) in [5, 5.41) is 3.96. The smallest absolute Gasteiger partial charge is 0.414 e. The summed E-state index contributed by atoms with van der Waals surface area (Å²) in [4.78, 5) is 19.5. The lowest BCUT2D eigenvalue weighted by Gasteiger charge is -2.21. The zero-order chi connectivity index (χ0) is 17.3. The Morgan fingerprint density at radius 3 is 2.88 bits per heavy atom. The van der Waals surface area contributed by atoms with Crippen molar-refractivity contribution in [1.29, 1.82) is 0 Å². The van der Waals surface area contributed by atoms with Gasteiger partial charge in [-0.25, -0.2) is 9.18 Å². The Labute approximate surface area is 143 Å². The quantitative estimate of drug-likeness (QED) is 0.360. The van der Waals surface area contributed by atoms with E-state index in [1.165, 1.54) is 11.0 Å². The largest absolute Gasteiger partial charge is 0.444 e. The molecule has 0 N–H and O–H groups in total. The van der Waals surface area contributed by atoms with Crippen LogP contribution in [0.4, 0.5) is 20.6 Å². The molecule has 2 aliphatic heterocycles. The highest BCUT2D eigenvalue weighted by molar-refractivity contribution is 7.80. The van der Waals surface area contributed by atoms with Crippen LogP contribution in [0.1, 0.15) is 0 Å². The molecule has 126 valence electrons. The molecule has 0 spiro atoms. The molecular formula is C14H15FN6O2S. The third-order valence-electron chi connectivity index (χ3n) is 3.97. The van der Waals surface area contributed by atoms with Crippen molar-refractivity contribution in [2.45, 2.75) is 6.10 Å². The maximum atomic E-state index is 14.5. The molecule has 24 heavy (non-hydrogen) atoms. The van der Waals surface area contributed by atoms with E-state index < -0.39 is 18.0 Å². The summed E-state index contributed by atoms with van der Waals surface area (Å²) >= 11 is 5.28. The van der Waals surface area contributed by atoms with Crippen LogP contribution < -0.4 is 9.80 Å². The molecule has 0 radical (unpaired) electrons. The van der Waals surface area contributed by atoms with Gasteiger partial charge in [0.25, 0.3) is 0 Å². The average molecular weight is 350 g/mol. The number of cyclic esters (lactones) is 1. The number of carbonyl (C=O) groups is 1. The second-order valence-corrected chi connectivity index (χ2v) is 5.89.